The normalized spacial score (nSPS) is 11.5. The van der Waals surface area contributed by atoms with Crippen molar-refractivity contribution in [2.45, 2.75) is 19.8 Å². The lowest BCUT2D eigenvalue weighted by molar-refractivity contribution is 0.0903. The average Bonchev–Trinajstić information content (AvgIpc) is 3.27. The minimum absolute atomic E-state index is 0.247. The molecule has 4 rings (SSSR count). The van der Waals surface area contributed by atoms with Gasteiger partial charge in [0.1, 0.15) is 0 Å². The Hall–Kier alpha value is -3.45. The Morgan fingerprint density at radius 1 is 1.21 bits per heavy atom. The van der Waals surface area contributed by atoms with E-state index >= 15 is 0 Å². The zero-order valence-corrected chi connectivity index (χ0v) is 16.5. The lowest BCUT2D eigenvalue weighted by Crippen LogP contribution is -2.33. The zero-order chi connectivity index (χ0) is 20.7. The summed E-state index contributed by atoms with van der Waals surface area (Å²) in [6.45, 7) is 3.81. The van der Waals surface area contributed by atoms with E-state index in [1.165, 1.54) is 4.57 Å². The second-order valence-corrected chi connectivity index (χ2v) is 7.22. The molecule has 0 aliphatic heterocycles. The van der Waals surface area contributed by atoms with Crippen LogP contribution in [0.25, 0.3) is 28.0 Å². The van der Waals surface area contributed by atoms with Crippen molar-refractivity contribution < 1.29 is 4.79 Å². The van der Waals surface area contributed by atoms with Crippen LogP contribution in [-0.4, -0.2) is 31.4 Å². The summed E-state index contributed by atoms with van der Waals surface area (Å²) in [4.78, 5) is 25.3. The largest absolute Gasteiger partial charge is 0.358 e. The predicted octanol–water partition coefficient (Wildman–Crippen LogP) is 2.52. The molecule has 0 aliphatic carbocycles. The molecule has 0 atom stereocenters. The van der Waals surface area contributed by atoms with Crippen LogP contribution in [0.15, 0.2) is 47.4 Å². The van der Waals surface area contributed by atoms with E-state index in [1.54, 1.807) is 6.07 Å². The molecule has 2 N–H and O–H groups in total. The van der Waals surface area contributed by atoms with Gasteiger partial charge in [0, 0.05) is 29.7 Å². The second-order valence-electron chi connectivity index (χ2n) is 7.22. The first-order valence-electron chi connectivity index (χ1n) is 9.35. The van der Waals surface area contributed by atoms with Gasteiger partial charge in [-0.3, -0.25) is 4.79 Å². The van der Waals surface area contributed by atoms with Crippen molar-refractivity contribution in [1.82, 2.24) is 18.9 Å². The zero-order valence-electron chi connectivity index (χ0n) is 16.5. The first kappa shape index (κ1) is 18.9. The van der Waals surface area contributed by atoms with Gasteiger partial charge in [-0.15, -0.1) is 9.78 Å². The van der Waals surface area contributed by atoms with Crippen LogP contribution in [0.5, 0.6) is 0 Å². The molecule has 0 saturated heterocycles. The van der Waals surface area contributed by atoms with Gasteiger partial charge in [0.15, 0.2) is 5.82 Å². The SMILES string of the molecule is CC(C)c1[c]c[c]c(-c2nn(C(=O)CN)c(=O)n2-c2ccc3c(ccn3C)c2)c1. The van der Waals surface area contributed by atoms with Crippen LogP contribution in [0.2, 0.25) is 0 Å². The summed E-state index contributed by atoms with van der Waals surface area (Å²) in [6.07, 6.45) is 1.95. The lowest BCUT2D eigenvalue weighted by Gasteiger charge is -2.09. The molecule has 7 heteroatoms. The fourth-order valence-corrected chi connectivity index (χ4v) is 3.33. The van der Waals surface area contributed by atoms with Crippen molar-refractivity contribution in [2.24, 2.45) is 12.8 Å². The highest BCUT2D eigenvalue weighted by Gasteiger charge is 2.21. The van der Waals surface area contributed by atoms with Crippen LogP contribution in [-0.2, 0) is 7.05 Å². The summed E-state index contributed by atoms with van der Waals surface area (Å²) in [7, 11) is 1.96. The highest BCUT2D eigenvalue weighted by molar-refractivity contribution is 5.83. The maximum absolute atomic E-state index is 13.1. The standard InChI is InChI=1S/C22H21N5O2/c1-14(2)15-5-4-6-17(11-15)21-24-27(20(28)13-23)22(29)26(21)18-7-8-19-16(12-18)9-10-25(19)3/h4,7-12,14H,13,23H2,1-3H3. The minimum Gasteiger partial charge on any atom is -0.351 e. The molecule has 29 heavy (non-hydrogen) atoms. The summed E-state index contributed by atoms with van der Waals surface area (Å²) in [6, 6.07) is 17.5. The fourth-order valence-electron chi connectivity index (χ4n) is 3.33. The molecule has 0 fully saturated rings. The van der Waals surface area contributed by atoms with Gasteiger partial charge in [0.2, 0.25) is 0 Å². The molecule has 0 bridgehead atoms. The van der Waals surface area contributed by atoms with E-state index in [2.05, 4.69) is 31.1 Å². The number of carbonyl (C=O) groups excluding carboxylic acids is 1. The van der Waals surface area contributed by atoms with E-state index < -0.39 is 11.6 Å². The van der Waals surface area contributed by atoms with Crippen molar-refractivity contribution in [3.8, 4) is 17.1 Å². The van der Waals surface area contributed by atoms with Crippen LogP contribution in [0.3, 0.4) is 0 Å². The molecule has 0 aliphatic rings. The van der Waals surface area contributed by atoms with Gasteiger partial charge in [0.25, 0.3) is 5.91 Å². The molecule has 2 heterocycles. The highest BCUT2D eigenvalue weighted by atomic mass is 16.2. The number of nitrogens with zero attached hydrogens (tertiary/aromatic N) is 4. The Kier molecular flexibility index (Phi) is 4.68. The maximum Gasteiger partial charge on any atom is 0.358 e. The van der Waals surface area contributed by atoms with E-state index in [1.807, 2.05) is 48.1 Å². The van der Waals surface area contributed by atoms with E-state index in [-0.39, 0.29) is 12.5 Å². The number of nitrogens with two attached hydrogens (primary N) is 1. The van der Waals surface area contributed by atoms with Crippen LogP contribution >= 0.6 is 0 Å². The van der Waals surface area contributed by atoms with Gasteiger partial charge >= 0.3 is 5.69 Å². The number of benzene rings is 2. The molecule has 2 radical (unpaired) electrons. The van der Waals surface area contributed by atoms with E-state index in [4.69, 9.17) is 5.73 Å². The van der Waals surface area contributed by atoms with Gasteiger partial charge in [-0.25, -0.2) is 9.36 Å². The number of aromatic nitrogens is 4. The maximum atomic E-state index is 13.1. The van der Waals surface area contributed by atoms with Gasteiger partial charge in [-0.2, -0.15) is 0 Å². The summed E-state index contributed by atoms with van der Waals surface area (Å²) in [5, 5.41) is 5.28. The van der Waals surface area contributed by atoms with E-state index in [9.17, 15) is 9.59 Å². The minimum atomic E-state index is -0.567. The van der Waals surface area contributed by atoms with E-state index in [0.29, 0.717) is 17.1 Å². The number of hydrogen-bond donors (Lipinski definition) is 1. The van der Waals surface area contributed by atoms with Crippen molar-refractivity contribution >= 4 is 16.8 Å². The number of hydrogen-bond acceptors (Lipinski definition) is 4. The van der Waals surface area contributed by atoms with E-state index in [0.717, 1.165) is 21.1 Å². The Labute approximate surface area is 168 Å². The highest BCUT2D eigenvalue weighted by Crippen LogP contribution is 2.25. The van der Waals surface area contributed by atoms with Crippen molar-refractivity contribution in [1.29, 1.82) is 0 Å². The molecule has 0 spiro atoms. The number of carbonyl (C=O) groups is 1. The molecule has 0 saturated carbocycles. The van der Waals surface area contributed by atoms with Gasteiger partial charge in [-0.1, -0.05) is 13.8 Å². The molecular weight excluding hydrogens is 366 g/mol. The monoisotopic (exact) mass is 387 g/mol. The Balaban J connectivity index is 1.98. The van der Waals surface area contributed by atoms with Crippen LogP contribution in [0.4, 0.5) is 0 Å². The summed E-state index contributed by atoms with van der Waals surface area (Å²) < 4.78 is 4.25. The molecule has 0 amide bonds. The van der Waals surface area contributed by atoms with Crippen LogP contribution in [0, 0.1) is 12.1 Å². The third kappa shape index (κ3) is 3.19. The third-order valence-electron chi connectivity index (χ3n) is 4.95. The van der Waals surface area contributed by atoms with Gasteiger partial charge in [0.05, 0.1) is 12.2 Å². The van der Waals surface area contributed by atoms with Gasteiger partial charge in [-0.05, 0) is 60.0 Å². The fraction of sp³-hybridized carbons (Fsp3) is 0.227. The number of aryl methyl sites for hydroxylation is 1. The molecular formula is C22H21N5O2. The summed E-state index contributed by atoms with van der Waals surface area (Å²) in [5.41, 5.74) is 8.16. The van der Waals surface area contributed by atoms with Crippen molar-refractivity contribution in [3.05, 3.63) is 70.8 Å². The van der Waals surface area contributed by atoms with Crippen molar-refractivity contribution in [2.75, 3.05) is 6.54 Å². The Morgan fingerprint density at radius 2 is 2.00 bits per heavy atom. The first-order chi connectivity index (χ1) is 13.9. The number of rotatable bonds is 4. The molecule has 4 aromatic rings. The topological polar surface area (TPSA) is 87.8 Å². The number of fused-ring (bicyclic) bond motifs is 1. The lowest BCUT2D eigenvalue weighted by atomic mass is 10.0. The first-order valence-corrected chi connectivity index (χ1v) is 9.35. The summed E-state index contributed by atoms with van der Waals surface area (Å²) in [5.74, 6) is 0.0160. The van der Waals surface area contributed by atoms with Gasteiger partial charge < -0.3 is 10.3 Å². The smallest absolute Gasteiger partial charge is 0.351 e. The van der Waals surface area contributed by atoms with Crippen molar-refractivity contribution in [3.63, 3.8) is 0 Å². The predicted molar refractivity (Wildman–Crippen MR) is 111 cm³/mol. The molecule has 2 aromatic heterocycles. The molecule has 146 valence electrons. The molecule has 7 nitrogen and oxygen atoms in total. The molecule has 0 unspecified atom stereocenters. The summed E-state index contributed by atoms with van der Waals surface area (Å²) >= 11 is 0. The third-order valence-corrected chi connectivity index (χ3v) is 4.95. The van der Waals surface area contributed by atoms with Crippen LogP contribution < -0.4 is 11.4 Å². The Morgan fingerprint density at radius 3 is 2.72 bits per heavy atom. The van der Waals surface area contributed by atoms with Crippen LogP contribution in [0.1, 0.15) is 30.1 Å². The Bertz CT molecular complexity index is 1280. The average molecular weight is 387 g/mol. The second kappa shape index (κ2) is 7.18. The molecule has 2 aromatic carbocycles. The quantitative estimate of drug-likeness (QED) is 0.583.